The number of rotatable bonds is 7. The van der Waals surface area contributed by atoms with Gasteiger partial charge in [-0.1, -0.05) is 13.0 Å². The van der Waals surface area contributed by atoms with Gasteiger partial charge in [0.2, 0.25) is 0 Å². The van der Waals surface area contributed by atoms with Gasteiger partial charge in [0.25, 0.3) is 0 Å². The third-order valence-electron chi connectivity index (χ3n) is 3.29. The van der Waals surface area contributed by atoms with Crippen molar-refractivity contribution in [1.82, 2.24) is 0 Å². The molecule has 0 amide bonds. The van der Waals surface area contributed by atoms with E-state index in [9.17, 15) is 4.79 Å². The lowest BCUT2D eigenvalue weighted by Gasteiger charge is -2.09. The normalized spacial score (nSPS) is 10.4. The number of ether oxygens (including phenoxy) is 2. The Bertz CT molecular complexity index is 616. The van der Waals surface area contributed by atoms with E-state index in [2.05, 4.69) is 19.1 Å². The molecule has 0 atom stereocenters. The van der Waals surface area contributed by atoms with Crippen LogP contribution in [0.3, 0.4) is 0 Å². The quantitative estimate of drug-likeness (QED) is 0.782. The van der Waals surface area contributed by atoms with Crippen molar-refractivity contribution >= 4 is 17.1 Å². The molecule has 0 unspecified atom stereocenters. The fourth-order valence-electron chi connectivity index (χ4n) is 2.18. The van der Waals surface area contributed by atoms with Gasteiger partial charge in [-0.3, -0.25) is 4.79 Å². The molecular formula is C17H20O3S. The number of hydrogen-bond acceptors (Lipinski definition) is 4. The number of ketones is 1. The third-order valence-corrected chi connectivity index (χ3v) is 4.52. The van der Waals surface area contributed by atoms with E-state index in [4.69, 9.17) is 9.47 Å². The van der Waals surface area contributed by atoms with Crippen LogP contribution in [0.15, 0.2) is 30.3 Å². The molecule has 2 aromatic rings. The van der Waals surface area contributed by atoms with E-state index < -0.39 is 0 Å². The average Bonchev–Trinajstić information content (AvgIpc) is 2.94. The van der Waals surface area contributed by atoms with E-state index >= 15 is 0 Å². The van der Waals surface area contributed by atoms with Crippen LogP contribution in [0.25, 0.3) is 0 Å². The molecule has 21 heavy (non-hydrogen) atoms. The van der Waals surface area contributed by atoms with E-state index in [1.807, 2.05) is 18.2 Å². The first-order valence-corrected chi connectivity index (χ1v) is 7.78. The molecule has 0 saturated carbocycles. The first-order chi connectivity index (χ1) is 10.2. The summed E-state index contributed by atoms with van der Waals surface area (Å²) in [4.78, 5) is 14.6. The van der Waals surface area contributed by atoms with Crippen molar-refractivity contribution in [3.05, 3.63) is 45.6 Å². The molecule has 0 N–H and O–H groups in total. The summed E-state index contributed by atoms with van der Waals surface area (Å²) in [6, 6.07) is 9.76. The largest absolute Gasteiger partial charge is 0.493 e. The summed E-state index contributed by atoms with van der Waals surface area (Å²) in [6.07, 6.45) is 1.94. The molecule has 0 aliphatic rings. The number of thiophene rings is 1. The minimum absolute atomic E-state index is 0.215. The Kier molecular flexibility index (Phi) is 5.39. The summed E-state index contributed by atoms with van der Waals surface area (Å²) in [5.41, 5.74) is 0.949. The molecule has 1 heterocycles. The zero-order chi connectivity index (χ0) is 15.2. The van der Waals surface area contributed by atoms with Crippen LogP contribution < -0.4 is 9.47 Å². The van der Waals surface area contributed by atoms with Crippen LogP contribution in [-0.4, -0.2) is 20.0 Å². The standard InChI is InChI=1S/C17H20O3S/c1-4-14-6-7-15(21-14)11-13(18)9-12-5-8-16(19-2)17(10-12)20-3/h5-8,10H,4,9,11H2,1-3H3. The predicted molar refractivity (Wildman–Crippen MR) is 85.7 cm³/mol. The Labute approximate surface area is 129 Å². The zero-order valence-electron chi connectivity index (χ0n) is 12.6. The molecule has 0 spiro atoms. The van der Waals surface area contributed by atoms with Crippen LogP contribution in [0.4, 0.5) is 0 Å². The summed E-state index contributed by atoms with van der Waals surface area (Å²) < 4.78 is 10.5. The van der Waals surface area contributed by atoms with Crippen LogP contribution >= 0.6 is 11.3 Å². The van der Waals surface area contributed by atoms with Crippen molar-refractivity contribution in [2.75, 3.05) is 14.2 Å². The SMILES string of the molecule is CCc1ccc(CC(=O)Cc2ccc(OC)c(OC)c2)s1. The Balaban J connectivity index is 2.02. The second-order valence-corrected chi connectivity index (χ2v) is 6.06. The van der Waals surface area contributed by atoms with Crippen molar-refractivity contribution < 1.29 is 14.3 Å². The first kappa shape index (κ1) is 15.6. The molecule has 0 saturated heterocycles. The van der Waals surface area contributed by atoms with Crippen molar-refractivity contribution in [3.63, 3.8) is 0 Å². The van der Waals surface area contributed by atoms with Gasteiger partial charge in [0.15, 0.2) is 11.5 Å². The maximum atomic E-state index is 12.2. The fraction of sp³-hybridized carbons (Fsp3) is 0.353. The minimum atomic E-state index is 0.215. The highest BCUT2D eigenvalue weighted by atomic mass is 32.1. The van der Waals surface area contributed by atoms with Gasteiger partial charge in [-0.2, -0.15) is 0 Å². The third kappa shape index (κ3) is 4.08. The molecule has 1 aromatic heterocycles. The summed E-state index contributed by atoms with van der Waals surface area (Å²) in [7, 11) is 3.20. The van der Waals surface area contributed by atoms with E-state index in [1.165, 1.54) is 4.88 Å². The topological polar surface area (TPSA) is 35.5 Å². The first-order valence-electron chi connectivity index (χ1n) is 6.96. The number of Topliss-reactive ketones (excluding diaryl/α,β-unsaturated/α-hetero) is 1. The van der Waals surface area contributed by atoms with Crippen LogP contribution in [0, 0.1) is 0 Å². The van der Waals surface area contributed by atoms with Gasteiger partial charge < -0.3 is 9.47 Å². The highest BCUT2D eigenvalue weighted by Crippen LogP contribution is 2.28. The van der Waals surface area contributed by atoms with E-state index in [0.717, 1.165) is 16.9 Å². The van der Waals surface area contributed by atoms with Crippen molar-refractivity contribution in [2.24, 2.45) is 0 Å². The number of hydrogen-bond donors (Lipinski definition) is 0. The van der Waals surface area contributed by atoms with E-state index in [1.54, 1.807) is 25.6 Å². The highest BCUT2D eigenvalue weighted by molar-refractivity contribution is 7.12. The van der Waals surface area contributed by atoms with Gasteiger partial charge in [-0.15, -0.1) is 11.3 Å². The number of carbonyl (C=O) groups is 1. The molecule has 0 bridgehead atoms. The molecule has 1 aromatic carbocycles. The fourth-order valence-corrected chi connectivity index (χ4v) is 3.17. The second-order valence-electron chi connectivity index (χ2n) is 4.80. The number of methoxy groups -OCH3 is 2. The molecule has 0 radical (unpaired) electrons. The lowest BCUT2D eigenvalue weighted by Crippen LogP contribution is -2.05. The molecule has 0 aliphatic carbocycles. The molecule has 0 aliphatic heterocycles. The van der Waals surface area contributed by atoms with E-state index in [0.29, 0.717) is 24.3 Å². The van der Waals surface area contributed by atoms with Crippen LogP contribution in [-0.2, 0) is 24.1 Å². The Morgan fingerprint density at radius 3 is 2.33 bits per heavy atom. The smallest absolute Gasteiger partial charge is 0.161 e. The van der Waals surface area contributed by atoms with Gasteiger partial charge in [0.05, 0.1) is 14.2 Å². The van der Waals surface area contributed by atoms with Crippen molar-refractivity contribution in [3.8, 4) is 11.5 Å². The average molecular weight is 304 g/mol. The maximum Gasteiger partial charge on any atom is 0.161 e. The van der Waals surface area contributed by atoms with Crippen LogP contribution in [0.1, 0.15) is 22.2 Å². The Hall–Kier alpha value is -1.81. The van der Waals surface area contributed by atoms with Gasteiger partial charge in [0, 0.05) is 22.6 Å². The molecule has 2 rings (SSSR count). The van der Waals surface area contributed by atoms with E-state index in [-0.39, 0.29) is 5.78 Å². The lowest BCUT2D eigenvalue weighted by molar-refractivity contribution is -0.117. The van der Waals surface area contributed by atoms with Crippen LogP contribution in [0.5, 0.6) is 11.5 Å². The van der Waals surface area contributed by atoms with Crippen LogP contribution in [0.2, 0.25) is 0 Å². The minimum Gasteiger partial charge on any atom is -0.493 e. The van der Waals surface area contributed by atoms with Crippen molar-refractivity contribution in [1.29, 1.82) is 0 Å². The summed E-state index contributed by atoms with van der Waals surface area (Å²) in [5, 5.41) is 0. The maximum absolute atomic E-state index is 12.2. The Morgan fingerprint density at radius 2 is 1.71 bits per heavy atom. The number of benzene rings is 1. The molecular weight excluding hydrogens is 284 g/mol. The molecule has 112 valence electrons. The number of carbonyl (C=O) groups excluding carboxylic acids is 1. The summed E-state index contributed by atoms with van der Waals surface area (Å²) in [5.74, 6) is 1.55. The highest BCUT2D eigenvalue weighted by Gasteiger charge is 2.10. The number of aryl methyl sites for hydroxylation is 1. The van der Waals surface area contributed by atoms with Crippen molar-refractivity contribution in [2.45, 2.75) is 26.2 Å². The predicted octanol–water partition coefficient (Wildman–Crippen LogP) is 3.68. The lowest BCUT2D eigenvalue weighted by atomic mass is 10.1. The van der Waals surface area contributed by atoms with Gasteiger partial charge >= 0.3 is 0 Å². The molecule has 4 heteroatoms. The van der Waals surface area contributed by atoms with Gasteiger partial charge in [0.1, 0.15) is 5.78 Å². The Morgan fingerprint density at radius 1 is 1.00 bits per heavy atom. The summed E-state index contributed by atoms with van der Waals surface area (Å²) >= 11 is 1.72. The monoisotopic (exact) mass is 304 g/mol. The van der Waals surface area contributed by atoms with Gasteiger partial charge in [-0.05, 0) is 36.2 Å². The second kappa shape index (κ2) is 7.27. The van der Waals surface area contributed by atoms with Gasteiger partial charge in [-0.25, -0.2) is 0 Å². The molecule has 3 nitrogen and oxygen atoms in total. The summed E-state index contributed by atoms with van der Waals surface area (Å²) in [6.45, 7) is 2.13. The zero-order valence-corrected chi connectivity index (χ0v) is 13.5. The molecule has 0 fully saturated rings.